The Morgan fingerprint density at radius 2 is 2.00 bits per heavy atom. The van der Waals surface area contributed by atoms with E-state index in [0.717, 1.165) is 28.6 Å². The van der Waals surface area contributed by atoms with Crippen molar-refractivity contribution in [1.82, 2.24) is 19.7 Å². The standard InChI is InChI=1S/C24H24ClN5O2S/c1-16(23(31)27-21-12-5-11-20-18(21)9-6-13-26-20)33-24-29-28-22(30(24)14-7-15-32-2)17-8-3-4-10-19(17)25/h3-6,8-13,16H,7,14-15H2,1-2H3,(H,27,31). The van der Waals surface area contributed by atoms with E-state index in [-0.39, 0.29) is 5.91 Å². The van der Waals surface area contributed by atoms with Crippen molar-refractivity contribution >= 4 is 45.9 Å². The Hall–Kier alpha value is -2.94. The second kappa shape index (κ2) is 10.8. The molecule has 0 spiro atoms. The molecule has 1 amide bonds. The second-order valence-electron chi connectivity index (χ2n) is 7.41. The van der Waals surface area contributed by atoms with Gasteiger partial charge in [0.1, 0.15) is 0 Å². The normalized spacial score (nSPS) is 12.1. The molecule has 1 atom stereocenters. The van der Waals surface area contributed by atoms with E-state index >= 15 is 0 Å². The van der Waals surface area contributed by atoms with Gasteiger partial charge in [-0.2, -0.15) is 0 Å². The Balaban J connectivity index is 1.56. The lowest BCUT2D eigenvalue weighted by atomic mass is 10.2. The van der Waals surface area contributed by atoms with Crippen molar-refractivity contribution in [1.29, 1.82) is 0 Å². The lowest BCUT2D eigenvalue weighted by Gasteiger charge is -2.15. The van der Waals surface area contributed by atoms with Crippen LogP contribution in [0.25, 0.3) is 22.3 Å². The van der Waals surface area contributed by atoms with Crippen LogP contribution in [0.2, 0.25) is 5.02 Å². The highest BCUT2D eigenvalue weighted by Gasteiger charge is 2.22. The summed E-state index contributed by atoms with van der Waals surface area (Å²) in [6.07, 6.45) is 2.52. The van der Waals surface area contributed by atoms with Gasteiger partial charge in [0.15, 0.2) is 11.0 Å². The fourth-order valence-corrected chi connectivity index (χ4v) is 4.54. The number of fused-ring (bicyclic) bond motifs is 1. The number of rotatable bonds is 9. The van der Waals surface area contributed by atoms with Gasteiger partial charge in [0.25, 0.3) is 0 Å². The minimum Gasteiger partial charge on any atom is -0.385 e. The number of thioether (sulfide) groups is 1. The molecule has 0 aliphatic heterocycles. The Labute approximate surface area is 201 Å². The van der Waals surface area contributed by atoms with Gasteiger partial charge < -0.3 is 14.6 Å². The fraction of sp³-hybridized carbons (Fsp3) is 0.250. The number of hydrogen-bond acceptors (Lipinski definition) is 6. The van der Waals surface area contributed by atoms with E-state index in [1.54, 1.807) is 13.3 Å². The van der Waals surface area contributed by atoms with Gasteiger partial charge in [-0.05, 0) is 49.7 Å². The third kappa shape index (κ3) is 5.35. The summed E-state index contributed by atoms with van der Waals surface area (Å²) in [5.74, 6) is 0.550. The summed E-state index contributed by atoms with van der Waals surface area (Å²) in [5, 5.41) is 13.5. The number of carbonyl (C=O) groups is 1. The van der Waals surface area contributed by atoms with E-state index in [9.17, 15) is 4.79 Å². The molecule has 0 fully saturated rings. The molecule has 1 unspecified atom stereocenters. The molecule has 0 saturated carbocycles. The number of nitrogens with one attached hydrogen (secondary N) is 1. The fourth-order valence-electron chi connectivity index (χ4n) is 3.44. The zero-order valence-corrected chi connectivity index (χ0v) is 19.9. The molecule has 1 N–H and O–H groups in total. The van der Waals surface area contributed by atoms with Gasteiger partial charge in [-0.1, -0.05) is 41.6 Å². The third-order valence-corrected chi connectivity index (χ3v) is 6.53. The highest BCUT2D eigenvalue weighted by atomic mass is 35.5. The molecule has 7 nitrogen and oxygen atoms in total. The molecule has 2 heterocycles. The number of amides is 1. The van der Waals surface area contributed by atoms with Crippen LogP contribution < -0.4 is 5.32 Å². The van der Waals surface area contributed by atoms with E-state index in [1.807, 2.05) is 66.1 Å². The zero-order valence-electron chi connectivity index (χ0n) is 18.4. The van der Waals surface area contributed by atoms with Gasteiger partial charge in [-0.3, -0.25) is 9.78 Å². The minimum atomic E-state index is -0.401. The SMILES string of the molecule is COCCCn1c(SC(C)C(=O)Nc2cccc3ncccc23)nnc1-c1ccccc1Cl. The summed E-state index contributed by atoms with van der Waals surface area (Å²) < 4.78 is 7.21. The quantitative estimate of drug-likeness (QED) is 0.258. The van der Waals surface area contributed by atoms with E-state index in [4.69, 9.17) is 16.3 Å². The first-order valence-electron chi connectivity index (χ1n) is 10.6. The van der Waals surface area contributed by atoms with Crippen LogP contribution in [0.5, 0.6) is 0 Å². The Morgan fingerprint density at radius 3 is 2.82 bits per heavy atom. The van der Waals surface area contributed by atoms with Crippen molar-refractivity contribution in [3.8, 4) is 11.4 Å². The predicted molar refractivity (Wildman–Crippen MR) is 133 cm³/mol. The van der Waals surface area contributed by atoms with E-state index in [2.05, 4.69) is 20.5 Å². The van der Waals surface area contributed by atoms with E-state index in [0.29, 0.717) is 29.2 Å². The molecule has 4 aromatic rings. The van der Waals surface area contributed by atoms with E-state index < -0.39 is 5.25 Å². The van der Waals surface area contributed by atoms with Crippen LogP contribution in [0.15, 0.2) is 66.0 Å². The van der Waals surface area contributed by atoms with Gasteiger partial charge >= 0.3 is 0 Å². The van der Waals surface area contributed by atoms with Gasteiger partial charge in [0, 0.05) is 37.4 Å². The maximum Gasteiger partial charge on any atom is 0.237 e. The summed E-state index contributed by atoms with van der Waals surface area (Å²) in [6.45, 7) is 3.11. The number of methoxy groups -OCH3 is 1. The van der Waals surface area contributed by atoms with Gasteiger partial charge in [-0.25, -0.2) is 0 Å². The number of carbonyl (C=O) groups excluding carboxylic acids is 1. The van der Waals surface area contributed by atoms with Gasteiger partial charge in [0.05, 0.1) is 21.5 Å². The van der Waals surface area contributed by atoms with Crippen molar-refractivity contribution in [3.63, 3.8) is 0 Å². The van der Waals surface area contributed by atoms with Gasteiger partial charge in [-0.15, -0.1) is 10.2 Å². The van der Waals surface area contributed by atoms with Crippen LogP contribution in [-0.2, 0) is 16.1 Å². The lowest BCUT2D eigenvalue weighted by Crippen LogP contribution is -2.23. The first-order chi connectivity index (χ1) is 16.1. The number of halogens is 1. The molecule has 0 bridgehead atoms. The number of pyridine rings is 1. The van der Waals surface area contributed by atoms with Crippen LogP contribution in [0.4, 0.5) is 5.69 Å². The number of ether oxygens (including phenoxy) is 1. The van der Waals surface area contributed by atoms with Crippen molar-refractivity contribution in [3.05, 3.63) is 65.8 Å². The number of aromatic nitrogens is 4. The second-order valence-corrected chi connectivity index (χ2v) is 9.12. The van der Waals surface area contributed by atoms with Crippen LogP contribution in [0, 0.1) is 0 Å². The maximum atomic E-state index is 13.0. The molecular weight excluding hydrogens is 458 g/mol. The van der Waals surface area contributed by atoms with Crippen molar-refractivity contribution in [2.24, 2.45) is 0 Å². The maximum absolute atomic E-state index is 13.0. The molecule has 0 aliphatic carbocycles. The van der Waals surface area contributed by atoms with Crippen LogP contribution >= 0.6 is 23.4 Å². The number of anilines is 1. The molecule has 4 rings (SSSR count). The zero-order chi connectivity index (χ0) is 23.2. The molecule has 170 valence electrons. The van der Waals surface area contributed by atoms with Crippen molar-refractivity contribution in [2.75, 3.05) is 19.0 Å². The van der Waals surface area contributed by atoms with Crippen molar-refractivity contribution < 1.29 is 9.53 Å². The van der Waals surface area contributed by atoms with Crippen LogP contribution in [-0.4, -0.2) is 44.6 Å². The van der Waals surface area contributed by atoms with Crippen LogP contribution in [0.3, 0.4) is 0 Å². The van der Waals surface area contributed by atoms with Gasteiger partial charge in [0.2, 0.25) is 5.91 Å². The number of hydrogen-bond donors (Lipinski definition) is 1. The molecule has 0 aliphatic rings. The van der Waals surface area contributed by atoms with Crippen molar-refractivity contribution in [2.45, 2.75) is 30.3 Å². The summed E-state index contributed by atoms with van der Waals surface area (Å²) >= 11 is 7.77. The summed E-state index contributed by atoms with van der Waals surface area (Å²) in [5.41, 5.74) is 2.37. The highest BCUT2D eigenvalue weighted by Crippen LogP contribution is 2.31. The first-order valence-corrected chi connectivity index (χ1v) is 11.8. The van der Waals surface area contributed by atoms with Crippen LogP contribution in [0.1, 0.15) is 13.3 Å². The Morgan fingerprint density at radius 1 is 1.15 bits per heavy atom. The molecule has 2 aromatic carbocycles. The summed E-state index contributed by atoms with van der Waals surface area (Å²) in [6, 6.07) is 17.0. The summed E-state index contributed by atoms with van der Waals surface area (Å²) in [4.78, 5) is 17.4. The largest absolute Gasteiger partial charge is 0.385 e. The lowest BCUT2D eigenvalue weighted by molar-refractivity contribution is -0.115. The molecule has 9 heteroatoms. The molecule has 33 heavy (non-hydrogen) atoms. The average Bonchev–Trinajstić information content (AvgIpc) is 3.21. The Kier molecular flexibility index (Phi) is 7.59. The monoisotopic (exact) mass is 481 g/mol. The number of nitrogens with zero attached hydrogens (tertiary/aromatic N) is 4. The molecule has 2 aromatic heterocycles. The molecular formula is C24H24ClN5O2S. The molecule has 0 saturated heterocycles. The minimum absolute atomic E-state index is 0.123. The highest BCUT2D eigenvalue weighted by molar-refractivity contribution is 8.00. The topological polar surface area (TPSA) is 81.9 Å². The third-order valence-electron chi connectivity index (χ3n) is 5.12. The number of benzene rings is 2. The smallest absolute Gasteiger partial charge is 0.237 e. The Bertz CT molecular complexity index is 1260. The first kappa shape index (κ1) is 23.2. The predicted octanol–water partition coefficient (Wildman–Crippen LogP) is 5.30. The van der Waals surface area contributed by atoms with E-state index in [1.165, 1.54) is 11.8 Å². The molecule has 0 radical (unpaired) electrons. The summed E-state index contributed by atoms with van der Waals surface area (Å²) in [7, 11) is 1.67. The average molecular weight is 482 g/mol.